The maximum absolute atomic E-state index is 12.7. The van der Waals surface area contributed by atoms with Gasteiger partial charge in [-0.3, -0.25) is 9.59 Å². The van der Waals surface area contributed by atoms with Crippen molar-refractivity contribution in [1.82, 2.24) is 5.32 Å². The van der Waals surface area contributed by atoms with Crippen molar-refractivity contribution in [3.8, 4) is 0 Å². The lowest BCUT2D eigenvalue weighted by atomic mass is 9.81. The van der Waals surface area contributed by atoms with Crippen LogP contribution < -0.4 is 5.32 Å². The Morgan fingerprint density at radius 3 is 2.48 bits per heavy atom. The lowest BCUT2D eigenvalue weighted by Crippen LogP contribution is -2.45. The second-order valence-electron chi connectivity index (χ2n) is 6.19. The van der Waals surface area contributed by atoms with Crippen LogP contribution >= 0.6 is 0 Å². The highest BCUT2D eigenvalue weighted by Crippen LogP contribution is 2.31. The lowest BCUT2D eigenvalue weighted by Gasteiger charge is -2.25. The van der Waals surface area contributed by atoms with Crippen LogP contribution in [0.4, 0.5) is 0 Å². The summed E-state index contributed by atoms with van der Waals surface area (Å²) in [5, 5.41) is 12.1. The van der Waals surface area contributed by atoms with Crippen LogP contribution in [0.5, 0.6) is 0 Å². The van der Waals surface area contributed by atoms with Crippen LogP contribution in [0.15, 0.2) is 54.6 Å². The number of fused-ring (bicyclic) bond motifs is 1. The van der Waals surface area contributed by atoms with E-state index in [0.717, 1.165) is 5.56 Å². The van der Waals surface area contributed by atoms with Gasteiger partial charge in [0.25, 0.3) is 0 Å². The van der Waals surface area contributed by atoms with E-state index in [9.17, 15) is 19.5 Å². The smallest absolute Gasteiger partial charge is 0.326 e. The number of carboxylic acid groups (broad SMARTS) is 1. The van der Waals surface area contributed by atoms with Gasteiger partial charge >= 0.3 is 5.97 Å². The summed E-state index contributed by atoms with van der Waals surface area (Å²) in [7, 11) is 0. The summed E-state index contributed by atoms with van der Waals surface area (Å²) in [6, 6.07) is 15.2. The second kappa shape index (κ2) is 7.30. The molecule has 0 radical (unpaired) electrons. The minimum Gasteiger partial charge on any atom is -0.480 e. The molecule has 0 aliphatic heterocycles. The van der Waals surface area contributed by atoms with Gasteiger partial charge in [-0.15, -0.1) is 0 Å². The van der Waals surface area contributed by atoms with Gasteiger partial charge in [-0.05, 0) is 17.5 Å². The zero-order valence-corrected chi connectivity index (χ0v) is 13.6. The Bertz CT molecular complexity index is 800. The number of benzene rings is 2. The van der Waals surface area contributed by atoms with E-state index in [1.807, 2.05) is 30.3 Å². The van der Waals surface area contributed by atoms with E-state index in [1.54, 1.807) is 24.3 Å². The van der Waals surface area contributed by atoms with Gasteiger partial charge in [0, 0.05) is 18.4 Å². The first-order chi connectivity index (χ1) is 12.1. The third kappa shape index (κ3) is 3.76. The summed E-state index contributed by atoms with van der Waals surface area (Å²) in [6.07, 6.45) is 0.917. The zero-order chi connectivity index (χ0) is 17.8. The standard InChI is InChI=1S/C20H19NO4/c22-18-11-10-16(14-8-4-5-9-15(14)18)19(23)21-17(20(24)25)12-13-6-2-1-3-7-13/h1-9,16-17H,10-12H2,(H,21,23)(H,24,25)/t16?,17-/m1/s1. The number of amides is 1. The van der Waals surface area contributed by atoms with Gasteiger partial charge in [0.2, 0.25) is 5.91 Å². The van der Waals surface area contributed by atoms with E-state index in [2.05, 4.69) is 5.32 Å². The molecule has 0 spiro atoms. The highest BCUT2D eigenvalue weighted by Gasteiger charge is 2.32. The van der Waals surface area contributed by atoms with Crippen molar-refractivity contribution in [3.63, 3.8) is 0 Å². The highest BCUT2D eigenvalue weighted by atomic mass is 16.4. The quantitative estimate of drug-likeness (QED) is 0.878. The number of carbonyl (C=O) groups excluding carboxylic acids is 2. The van der Waals surface area contributed by atoms with Crippen molar-refractivity contribution in [2.24, 2.45) is 0 Å². The van der Waals surface area contributed by atoms with Gasteiger partial charge < -0.3 is 10.4 Å². The average molecular weight is 337 g/mol. The molecule has 2 N–H and O–H groups in total. The van der Waals surface area contributed by atoms with E-state index >= 15 is 0 Å². The van der Waals surface area contributed by atoms with Crippen molar-refractivity contribution in [2.75, 3.05) is 0 Å². The first-order valence-corrected chi connectivity index (χ1v) is 8.25. The molecule has 3 rings (SSSR count). The van der Waals surface area contributed by atoms with Crippen LogP contribution in [-0.4, -0.2) is 28.8 Å². The fourth-order valence-corrected chi connectivity index (χ4v) is 3.21. The number of carbonyl (C=O) groups is 3. The fourth-order valence-electron chi connectivity index (χ4n) is 3.21. The van der Waals surface area contributed by atoms with Crippen LogP contribution in [0.25, 0.3) is 0 Å². The van der Waals surface area contributed by atoms with E-state index in [-0.39, 0.29) is 18.1 Å². The van der Waals surface area contributed by atoms with Gasteiger partial charge in [0.15, 0.2) is 5.78 Å². The normalized spacial score (nSPS) is 17.4. The number of hydrogen-bond acceptors (Lipinski definition) is 3. The molecule has 2 aromatic rings. The van der Waals surface area contributed by atoms with Gasteiger partial charge in [0.1, 0.15) is 6.04 Å². The highest BCUT2D eigenvalue weighted by molar-refractivity contribution is 6.02. The summed E-state index contributed by atoms with van der Waals surface area (Å²) < 4.78 is 0. The minimum atomic E-state index is -1.07. The Hall–Kier alpha value is -2.95. The van der Waals surface area contributed by atoms with Gasteiger partial charge in [-0.25, -0.2) is 4.79 Å². The molecule has 1 unspecified atom stereocenters. The molecule has 5 heteroatoms. The summed E-state index contributed by atoms with van der Waals surface area (Å²) in [4.78, 5) is 36.2. The molecule has 0 heterocycles. The third-order valence-corrected chi connectivity index (χ3v) is 4.51. The van der Waals surface area contributed by atoms with Crippen molar-refractivity contribution in [2.45, 2.75) is 31.2 Å². The van der Waals surface area contributed by atoms with Crippen LogP contribution in [-0.2, 0) is 16.0 Å². The molecule has 0 aromatic heterocycles. The third-order valence-electron chi connectivity index (χ3n) is 4.51. The molecule has 5 nitrogen and oxygen atoms in total. The van der Waals surface area contributed by atoms with E-state index < -0.39 is 17.9 Å². The van der Waals surface area contributed by atoms with Crippen molar-refractivity contribution < 1.29 is 19.5 Å². The van der Waals surface area contributed by atoms with Crippen molar-refractivity contribution in [3.05, 3.63) is 71.3 Å². The molecule has 1 amide bonds. The van der Waals surface area contributed by atoms with E-state index in [4.69, 9.17) is 0 Å². The Kier molecular flexibility index (Phi) is 4.93. The van der Waals surface area contributed by atoms with E-state index in [0.29, 0.717) is 24.0 Å². The topological polar surface area (TPSA) is 83.5 Å². The number of hydrogen-bond donors (Lipinski definition) is 2. The minimum absolute atomic E-state index is 0.0266. The van der Waals surface area contributed by atoms with Gasteiger partial charge in [-0.1, -0.05) is 54.6 Å². The van der Waals surface area contributed by atoms with Crippen molar-refractivity contribution in [1.29, 1.82) is 0 Å². The Morgan fingerprint density at radius 1 is 1.08 bits per heavy atom. The van der Waals surface area contributed by atoms with Gasteiger partial charge in [0.05, 0.1) is 5.92 Å². The van der Waals surface area contributed by atoms with E-state index in [1.165, 1.54) is 0 Å². The van der Waals surface area contributed by atoms with Crippen LogP contribution in [0.1, 0.15) is 40.2 Å². The summed E-state index contributed by atoms with van der Waals surface area (Å²) >= 11 is 0. The molecule has 2 aromatic carbocycles. The fraction of sp³-hybridized carbons (Fsp3) is 0.250. The molecular formula is C20H19NO4. The zero-order valence-electron chi connectivity index (χ0n) is 13.6. The van der Waals surface area contributed by atoms with Gasteiger partial charge in [-0.2, -0.15) is 0 Å². The molecule has 0 saturated heterocycles. The monoisotopic (exact) mass is 337 g/mol. The summed E-state index contributed by atoms with van der Waals surface area (Å²) in [6.45, 7) is 0. The average Bonchev–Trinajstić information content (AvgIpc) is 2.62. The van der Waals surface area contributed by atoms with Crippen LogP contribution in [0.3, 0.4) is 0 Å². The number of rotatable bonds is 5. The second-order valence-corrected chi connectivity index (χ2v) is 6.19. The predicted octanol–water partition coefficient (Wildman–Crippen LogP) is 2.56. The SMILES string of the molecule is O=C1CCC(C(=O)N[C@H](Cc2ccccc2)C(=O)O)c2ccccc21. The molecule has 2 atom stereocenters. The number of aliphatic carboxylic acids is 1. The number of nitrogens with one attached hydrogen (secondary N) is 1. The molecule has 1 aliphatic carbocycles. The summed E-state index contributed by atoms with van der Waals surface area (Å²) in [5.41, 5.74) is 2.08. The van der Waals surface area contributed by atoms with Crippen LogP contribution in [0.2, 0.25) is 0 Å². The number of carboxylic acids is 1. The Balaban J connectivity index is 1.77. The first-order valence-electron chi connectivity index (χ1n) is 8.25. The molecule has 128 valence electrons. The number of Topliss-reactive ketones (excluding diaryl/α,β-unsaturated/α-hetero) is 1. The molecule has 25 heavy (non-hydrogen) atoms. The maximum atomic E-state index is 12.7. The molecule has 0 bridgehead atoms. The first kappa shape index (κ1) is 16.9. The molecule has 0 saturated carbocycles. The predicted molar refractivity (Wildman–Crippen MR) is 92.5 cm³/mol. The number of ketones is 1. The molecule has 0 fully saturated rings. The molecule has 1 aliphatic rings. The molecular weight excluding hydrogens is 318 g/mol. The van der Waals surface area contributed by atoms with Crippen molar-refractivity contribution >= 4 is 17.7 Å². The van der Waals surface area contributed by atoms with Crippen LogP contribution in [0, 0.1) is 0 Å². The Labute approximate surface area is 145 Å². The summed E-state index contributed by atoms with van der Waals surface area (Å²) in [5.74, 6) is -1.88. The largest absolute Gasteiger partial charge is 0.480 e. The lowest BCUT2D eigenvalue weighted by molar-refractivity contribution is -0.142. The maximum Gasteiger partial charge on any atom is 0.326 e. The Morgan fingerprint density at radius 2 is 1.76 bits per heavy atom.